The monoisotopic (exact) mass is 578 g/mol. The summed E-state index contributed by atoms with van der Waals surface area (Å²) in [6, 6.07) is 22.5. The average Bonchev–Trinajstić information content (AvgIpc) is 2.83. The third-order valence-corrected chi connectivity index (χ3v) is 6.60. The van der Waals surface area contributed by atoms with Crippen LogP contribution in [0.4, 0.5) is 0 Å². The Balaban J connectivity index is 1.73. The SMILES string of the molecule is Cc1c(-c2ccccc2)nc2ccc(Br)cc2c1C(=O)NCC(C(=O)OC(C)(C)C)c1cccc(Cl)c1. The molecule has 37 heavy (non-hydrogen) atoms. The molecule has 0 fully saturated rings. The summed E-state index contributed by atoms with van der Waals surface area (Å²) >= 11 is 9.73. The molecule has 0 bridgehead atoms. The van der Waals surface area contributed by atoms with E-state index in [1.54, 1.807) is 18.2 Å². The molecule has 4 rings (SSSR count). The van der Waals surface area contributed by atoms with Gasteiger partial charge in [0.05, 0.1) is 22.7 Å². The maximum absolute atomic E-state index is 13.8. The number of hydrogen-bond acceptors (Lipinski definition) is 4. The van der Waals surface area contributed by atoms with E-state index in [4.69, 9.17) is 21.3 Å². The lowest BCUT2D eigenvalue weighted by molar-refractivity contribution is -0.156. The normalized spacial score (nSPS) is 12.3. The molecule has 1 N–H and O–H groups in total. The van der Waals surface area contributed by atoms with Gasteiger partial charge in [-0.25, -0.2) is 4.98 Å². The predicted molar refractivity (Wildman–Crippen MR) is 152 cm³/mol. The van der Waals surface area contributed by atoms with E-state index < -0.39 is 17.5 Å². The summed E-state index contributed by atoms with van der Waals surface area (Å²) < 4.78 is 6.51. The Kier molecular flexibility index (Phi) is 8.00. The topological polar surface area (TPSA) is 68.3 Å². The molecular formula is C30H28BrClN2O3. The van der Waals surface area contributed by atoms with Crippen LogP contribution in [0.2, 0.25) is 5.02 Å². The van der Waals surface area contributed by atoms with Crippen molar-refractivity contribution < 1.29 is 14.3 Å². The first-order chi connectivity index (χ1) is 17.5. The Labute approximate surface area is 230 Å². The Hall–Kier alpha value is -3.22. The van der Waals surface area contributed by atoms with Crippen LogP contribution in [0.25, 0.3) is 22.2 Å². The van der Waals surface area contributed by atoms with Crippen molar-refractivity contribution in [3.8, 4) is 11.3 Å². The van der Waals surface area contributed by atoms with E-state index in [9.17, 15) is 9.59 Å². The van der Waals surface area contributed by atoms with Crippen molar-refractivity contribution in [3.63, 3.8) is 0 Å². The number of esters is 1. The number of nitrogens with one attached hydrogen (secondary N) is 1. The van der Waals surface area contributed by atoms with Gasteiger partial charge in [-0.05, 0) is 69.2 Å². The molecule has 0 aliphatic heterocycles. The van der Waals surface area contributed by atoms with Crippen LogP contribution in [-0.4, -0.2) is 29.0 Å². The number of hydrogen-bond donors (Lipinski definition) is 1. The van der Waals surface area contributed by atoms with Gasteiger partial charge in [-0.1, -0.05) is 70.0 Å². The molecule has 190 valence electrons. The minimum Gasteiger partial charge on any atom is -0.459 e. The van der Waals surface area contributed by atoms with E-state index in [2.05, 4.69) is 21.2 Å². The van der Waals surface area contributed by atoms with Crippen molar-refractivity contribution in [1.82, 2.24) is 10.3 Å². The number of pyridine rings is 1. The van der Waals surface area contributed by atoms with Crippen molar-refractivity contribution in [1.29, 1.82) is 0 Å². The van der Waals surface area contributed by atoms with E-state index in [0.29, 0.717) is 21.7 Å². The predicted octanol–water partition coefficient (Wildman–Crippen LogP) is 7.48. The van der Waals surface area contributed by atoms with Gasteiger partial charge in [0.15, 0.2) is 0 Å². The molecule has 1 unspecified atom stereocenters. The summed E-state index contributed by atoms with van der Waals surface area (Å²) in [5.41, 5.74) is 3.63. The summed E-state index contributed by atoms with van der Waals surface area (Å²) in [6.07, 6.45) is 0. The number of nitrogens with zero attached hydrogens (tertiary/aromatic N) is 1. The smallest absolute Gasteiger partial charge is 0.315 e. The standard InChI is InChI=1S/C30H28BrClN2O3/c1-18-26(23-16-21(31)13-14-25(23)34-27(18)19-9-6-5-7-10-19)28(35)33-17-24(29(36)37-30(2,3)4)20-11-8-12-22(32)15-20/h5-16,24H,17H2,1-4H3,(H,33,35). The summed E-state index contributed by atoms with van der Waals surface area (Å²) in [7, 11) is 0. The largest absolute Gasteiger partial charge is 0.459 e. The number of ether oxygens (including phenoxy) is 1. The maximum atomic E-state index is 13.8. The Morgan fingerprint density at radius 3 is 2.43 bits per heavy atom. The van der Waals surface area contributed by atoms with Crippen molar-refractivity contribution in [2.24, 2.45) is 0 Å². The van der Waals surface area contributed by atoms with E-state index in [-0.39, 0.29) is 12.5 Å². The zero-order chi connectivity index (χ0) is 26.7. The van der Waals surface area contributed by atoms with Crippen molar-refractivity contribution >= 4 is 50.3 Å². The first kappa shape index (κ1) is 26.8. The van der Waals surface area contributed by atoms with Gasteiger partial charge in [0.1, 0.15) is 5.60 Å². The van der Waals surface area contributed by atoms with Crippen LogP contribution in [0.3, 0.4) is 0 Å². The summed E-state index contributed by atoms with van der Waals surface area (Å²) in [4.78, 5) is 31.8. The molecule has 0 saturated heterocycles. The van der Waals surface area contributed by atoms with Gasteiger partial charge in [0.25, 0.3) is 5.91 Å². The Morgan fingerprint density at radius 2 is 1.76 bits per heavy atom. The second-order valence-corrected chi connectivity index (χ2v) is 11.2. The van der Waals surface area contributed by atoms with Crippen molar-refractivity contribution in [3.05, 3.63) is 99.0 Å². The van der Waals surface area contributed by atoms with E-state index >= 15 is 0 Å². The minimum atomic E-state index is -0.726. The highest BCUT2D eigenvalue weighted by atomic mass is 79.9. The maximum Gasteiger partial charge on any atom is 0.315 e. The van der Waals surface area contributed by atoms with E-state index in [1.165, 1.54) is 0 Å². The first-order valence-electron chi connectivity index (χ1n) is 12.0. The molecule has 5 nitrogen and oxygen atoms in total. The zero-order valence-corrected chi connectivity index (χ0v) is 23.5. The van der Waals surface area contributed by atoms with E-state index in [1.807, 2.05) is 82.3 Å². The minimum absolute atomic E-state index is 0.0476. The molecule has 4 aromatic rings. The molecule has 7 heteroatoms. The van der Waals surface area contributed by atoms with Crippen LogP contribution in [-0.2, 0) is 9.53 Å². The van der Waals surface area contributed by atoms with Crippen LogP contribution in [0.1, 0.15) is 48.2 Å². The highest BCUT2D eigenvalue weighted by molar-refractivity contribution is 9.10. The van der Waals surface area contributed by atoms with Gasteiger partial charge in [-0.15, -0.1) is 0 Å². The number of halogens is 2. The molecule has 0 spiro atoms. The van der Waals surface area contributed by atoms with Gasteiger partial charge in [0, 0.05) is 27.0 Å². The quantitative estimate of drug-likeness (QED) is 0.240. The fourth-order valence-electron chi connectivity index (χ4n) is 4.22. The van der Waals surface area contributed by atoms with Gasteiger partial charge < -0.3 is 10.1 Å². The molecule has 0 saturated carbocycles. The van der Waals surface area contributed by atoms with Crippen LogP contribution in [0.5, 0.6) is 0 Å². The van der Waals surface area contributed by atoms with Crippen LogP contribution in [0.15, 0.2) is 77.3 Å². The number of carbonyl (C=O) groups is 2. The second kappa shape index (κ2) is 11.0. The Morgan fingerprint density at radius 1 is 1.03 bits per heavy atom. The van der Waals surface area contributed by atoms with Gasteiger partial charge in [0.2, 0.25) is 0 Å². The second-order valence-electron chi connectivity index (χ2n) is 9.84. The van der Waals surface area contributed by atoms with Crippen LogP contribution in [0, 0.1) is 6.92 Å². The fourth-order valence-corrected chi connectivity index (χ4v) is 4.78. The van der Waals surface area contributed by atoms with Gasteiger partial charge in [-0.2, -0.15) is 0 Å². The highest BCUT2D eigenvalue weighted by Gasteiger charge is 2.28. The number of rotatable bonds is 6. The fraction of sp³-hybridized carbons (Fsp3) is 0.233. The molecular weight excluding hydrogens is 552 g/mol. The molecule has 3 aromatic carbocycles. The summed E-state index contributed by atoms with van der Waals surface area (Å²) in [5, 5.41) is 4.22. The lowest BCUT2D eigenvalue weighted by atomic mass is 9.96. The number of fused-ring (bicyclic) bond motifs is 1. The molecule has 1 amide bonds. The first-order valence-corrected chi connectivity index (χ1v) is 13.1. The number of aromatic nitrogens is 1. The lowest BCUT2D eigenvalue weighted by Gasteiger charge is -2.25. The molecule has 0 aliphatic rings. The number of amides is 1. The van der Waals surface area contributed by atoms with Crippen LogP contribution >= 0.6 is 27.5 Å². The molecule has 1 heterocycles. The molecule has 1 aromatic heterocycles. The zero-order valence-electron chi connectivity index (χ0n) is 21.1. The van der Waals surface area contributed by atoms with Crippen LogP contribution < -0.4 is 5.32 Å². The van der Waals surface area contributed by atoms with Crippen molar-refractivity contribution in [2.75, 3.05) is 6.54 Å². The summed E-state index contributed by atoms with van der Waals surface area (Å²) in [5.74, 6) is -1.45. The average molecular weight is 580 g/mol. The highest BCUT2D eigenvalue weighted by Crippen LogP contribution is 2.31. The third kappa shape index (κ3) is 6.38. The lowest BCUT2D eigenvalue weighted by Crippen LogP contribution is -2.36. The van der Waals surface area contributed by atoms with Gasteiger partial charge in [-0.3, -0.25) is 9.59 Å². The Bertz CT molecular complexity index is 1470. The summed E-state index contributed by atoms with van der Waals surface area (Å²) in [6.45, 7) is 7.38. The molecule has 1 atom stereocenters. The van der Waals surface area contributed by atoms with Gasteiger partial charge >= 0.3 is 5.97 Å². The molecule has 0 aliphatic carbocycles. The number of benzene rings is 3. The van der Waals surface area contributed by atoms with Crippen molar-refractivity contribution in [2.45, 2.75) is 39.2 Å². The third-order valence-electron chi connectivity index (χ3n) is 5.87. The molecule has 0 radical (unpaired) electrons. The van der Waals surface area contributed by atoms with E-state index in [0.717, 1.165) is 26.7 Å². The number of carbonyl (C=O) groups excluding carboxylic acids is 2.